The maximum atomic E-state index is 5.56. The number of para-hydroxylation sites is 1. The van der Waals surface area contributed by atoms with Crippen molar-refractivity contribution in [2.75, 3.05) is 26.4 Å². The Morgan fingerprint density at radius 2 is 2.11 bits per heavy atom. The Morgan fingerprint density at radius 1 is 1.21 bits per heavy atom. The largest absolute Gasteiger partial charge is 0.454 e. The number of fused-ring (bicyclic) bond motifs is 4. The first-order valence-electron chi connectivity index (χ1n) is 7.23. The minimum atomic E-state index is 0.353. The van der Waals surface area contributed by atoms with Gasteiger partial charge in [-0.1, -0.05) is 12.1 Å². The van der Waals surface area contributed by atoms with Gasteiger partial charge < -0.3 is 19.7 Å². The molecule has 4 aliphatic heterocycles. The molecule has 3 saturated heterocycles. The highest BCUT2D eigenvalue weighted by molar-refractivity contribution is 5.48. The van der Waals surface area contributed by atoms with Crippen LogP contribution in [-0.2, 0) is 6.54 Å². The summed E-state index contributed by atoms with van der Waals surface area (Å²) in [6.45, 7) is 5.02. The Morgan fingerprint density at radius 3 is 2.89 bits per heavy atom. The summed E-state index contributed by atoms with van der Waals surface area (Å²) >= 11 is 0. The molecule has 4 nitrogen and oxygen atoms in total. The molecule has 0 aliphatic carbocycles. The molecule has 0 spiro atoms. The van der Waals surface area contributed by atoms with E-state index in [0.29, 0.717) is 12.8 Å². The fourth-order valence-corrected chi connectivity index (χ4v) is 3.57. The number of nitrogens with zero attached hydrogens (tertiary/aromatic N) is 1. The second-order valence-electron chi connectivity index (χ2n) is 5.78. The smallest absolute Gasteiger partial charge is 0.231 e. The first-order valence-corrected chi connectivity index (χ1v) is 7.23. The zero-order valence-corrected chi connectivity index (χ0v) is 11.1. The van der Waals surface area contributed by atoms with E-state index in [1.54, 1.807) is 0 Å². The molecule has 19 heavy (non-hydrogen) atoms. The Labute approximate surface area is 113 Å². The second-order valence-corrected chi connectivity index (χ2v) is 5.78. The second kappa shape index (κ2) is 4.69. The number of hydrogen-bond acceptors (Lipinski definition) is 4. The van der Waals surface area contributed by atoms with E-state index in [4.69, 9.17) is 9.47 Å². The summed E-state index contributed by atoms with van der Waals surface area (Å²) in [6.07, 6.45) is 2.70. The average Bonchev–Trinajstić information content (AvgIpc) is 2.95. The van der Waals surface area contributed by atoms with Crippen LogP contribution in [0, 0.1) is 5.92 Å². The van der Waals surface area contributed by atoms with E-state index in [0.717, 1.165) is 24.0 Å². The third-order valence-corrected chi connectivity index (χ3v) is 4.69. The Bertz CT molecular complexity index is 469. The van der Waals surface area contributed by atoms with E-state index in [-0.39, 0.29) is 0 Å². The van der Waals surface area contributed by atoms with Gasteiger partial charge in [-0.05, 0) is 37.9 Å². The van der Waals surface area contributed by atoms with Crippen molar-refractivity contribution in [1.82, 2.24) is 10.2 Å². The maximum Gasteiger partial charge on any atom is 0.231 e. The monoisotopic (exact) mass is 260 g/mol. The van der Waals surface area contributed by atoms with Crippen molar-refractivity contribution in [2.45, 2.75) is 25.4 Å². The van der Waals surface area contributed by atoms with Gasteiger partial charge >= 0.3 is 0 Å². The highest BCUT2D eigenvalue weighted by Crippen LogP contribution is 2.35. The van der Waals surface area contributed by atoms with Crippen LogP contribution in [0.4, 0.5) is 0 Å². The molecule has 4 heterocycles. The van der Waals surface area contributed by atoms with E-state index < -0.39 is 0 Å². The van der Waals surface area contributed by atoms with Crippen LogP contribution in [-0.4, -0.2) is 37.4 Å². The molecule has 1 unspecified atom stereocenters. The molecule has 3 fully saturated rings. The lowest BCUT2D eigenvalue weighted by Crippen LogP contribution is -2.55. The van der Waals surface area contributed by atoms with Crippen LogP contribution in [0.1, 0.15) is 18.4 Å². The molecular formula is C15H20N2O2. The molecule has 5 rings (SSSR count). The van der Waals surface area contributed by atoms with Crippen molar-refractivity contribution in [3.63, 3.8) is 0 Å². The summed E-state index contributed by atoms with van der Waals surface area (Å²) in [5.41, 5.74) is 1.21. The van der Waals surface area contributed by atoms with Crippen LogP contribution < -0.4 is 14.8 Å². The molecule has 1 atom stereocenters. The first kappa shape index (κ1) is 11.6. The summed E-state index contributed by atoms with van der Waals surface area (Å²) < 4.78 is 11.0. The first-order chi connectivity index (χ1) is 9.40. The van der Waals surface area contributed by atoms with Crippen LogP contribution >= 0.6 is 0 Å². The van der Waals surface area contributed by atoms with Gasteiger partial charge in [0.1, 0.15) is 0 Å². The lowest BCUT2D eigenvalue weighted by Gasteiger charge is -2.45. The summed E-state index contributed by atoms with van der Waals surface area (Å²) in [5, 5.41) is 3.72. The van der Waals surface area contributed by atoms with Crippen molar-refractivity contribution >= 4 is 0 Å². The van der Waals surface area contributed by atoms with E-state index in [1.165, 1.54) is 38.0 Å². The number of benzene rings is 1. The normalized spacial score (nSPS) is 31.7. The van der Waals surface area contributed by atoms with E-state index >= 15 is 0 Å². The van der Waals surface area contributed by atoms with Crippen LogP contribution in [0.25, 0.3) is 0 Å². The third-order valence-electron chi connectivity index (χ3n) is 4.69. The molecule has 4 heteroatoms. The minimum Gasteiger partial charge on any atom is -0.454 e. The third kappa shape index (κ3) is 2.09. The fraction of sp³-hybridized carbons (Fsp3) is 0.600. The molecule has 4 aliphatic rings. The summed E-state index contributed by atoms with van der Waals surface area (Å²) in [5.74, 6) is 2.67. The predicted molar refractivity (Wildman–Crippen MR) is 72.4 cm³/mol. The van der Waals surface area contributed by atoms with Crippen molar-refractivity contribution in [3.8, 4) is 11.5 Å². The highest BCUT2D eigenvalue weighted by atomic mass is 16.7. The van der Waals surface area contributed by atoms with E-state index in [1.807, 2.05) is 12.1 Å². The summed E-state index contributed by atoms with van der Waals surface area (Å²) in [7, 11) is 0. The minimum absolute atomic E-state index is 0.353. The molecule has 2 bridgehead atoms. The molecule has 0 amide bonds. The van der Waals surface area contributed by atoms with Crippen molar-refractivity contribution in [3.05, 3.63) is 23.8 Å². The molecule has 0 saturated carbocycles. The van der Waals surface area contributed by atoms with Gasteiger partial charge in [0.25, 0.3) is 0 Å². The van der Waals surface area contributed by atoms with Crippen LogP contribution in [0.15, 0.2) is 18.2 Å². The van der Waals surface area contributed by atoms with Crippen LogP contribution in [0.5, 0.6) is 11.5 Å². The van der Waals surface area contributed by atoms with Gasteiger partial charge in [-0.25, -0.2) is 0 Å². The van der Waals surface area contributed by atoms with E-state index in [2.05, 4.69) is 16.3 Å². The Kier molecular flexibility index (Phi) is 2.85. The average molecular weight is 260 g/mol. The lowest BCUT2D eigenvalue weighted by molar-refractivity contribution is 0.0718. The zero-order chi connectivity index (χ0) is 12.7. The Balaban J connectivity index is 1.44. The standard InChI is InChI=1S/C15H20N2O2/c1-2-12(15-14(3-1)18-10-19-15)8-16-13-9-17-6-4-11(13)5-7-17/h1-3,11,13,16H,4-10H2. The van der Waals surface area contributed by atoms with Gasteiger partial charge in [0.05, 0.1) is 0 Å². The molecule has 0 radical (unpaired) electrons. The van der Waals surface area contributed by atoms with Gasteiger partial charge in [-0.15, -0.1) is 0 Å². The molecular weight excluding hydrogens is 240 g/mol. The van der Waals surface area contributed by atoms with Gasteiger partial charge in [0.2, 0.25) is 6.79 Å². The number of ether oxygens (including phenoxy) is 2. The van der Waals surface area contributed by atoms with Crippen molar-refractivity contribution in [2.24, 2.45) is 5.92 Å². The van der Waals surface area contributed by atoms with Crippen molar-refractivity contribution < 1.29 is 9.47 Å². The molecule has 1 N–H and O–H groups in total. The SMILES string of the molecule is c1cc(CNC2CN3CCC2CC3)c2c(c1)OCO2. The lowest BCUT2D eigenvalue weighted by atomic mass is 9.84. The van der Waals surface area contributed by atoms with Gasteiger partial charge in [0.15, 0.2) is 11.5 Å². The van der Waals surface area contributed by atoms with Crippen molar-refractivity contribution in [1.29, 1.82) is 0 Å². The van der Waals surface area contributed by atoms with Gasteiger partial charge in [0, 0.05) is 24.7 Å². The number of hydrogen-bond donors (Lipinski definition) is 1. The molecule has 0 aromatic heterocycles. The predicted octanol–water partition coefficient (Wildman–Crippen LogP) is 1.60. The number of rotatable bonds is 3. The zero-order valence-electron chi connectivity index (χ0n) is 11.1. The quantitative estimate of drug-likeness (QED) is 0.895. The number of piperidine rings is 3. The van der Waals surface area contributed by atoms with E-state index in [9.17, 15) is 0 Å². The Hall–Kier alpha value is -1.26. The molecule has 1 aromatic carbocycles. The van der Waals surface area contributed by atoms with Crippen LogP contribution in [0.3, 0.4) is 0 Å². The van der Waals surface area contributed by atoms with Crippen LogP contribution in [0.2, 0.25) is 0 Å². The maximum absolute atomic E-state index is 5.56. The summed E-state index contributed by atoms with van der Waals surface area (Å²) in [4.78, 5) is 2.58. The molecule has 102 valence electrons. The topological polar surface area (TPSA) is 33.7 Å². The molecule has 1 aromatic rings. The van der Waals surface area contributed by atoms with Gasteiger partial charge in [-0.3, -0.25) is 0 Å². The van der Waals surface area contributed by atoms with Gasteiger partial charge in [-0.2, -0.15) is 0 Å². The highest BCUT2D eigenvalue weighted by Gasteiger charge is 2.33. The fourth-order valence-electron chi connectivity index (χ4n) is 3.57. The number of nitrogens with one attached hydrogen (secondary N) is 1. The summed E-state index contributed by atoms with van der Waals surface area (Å²) in [6, 6.07) is 6.78.